The Morgan fingerprint density at radius 2 is 1.73 bits per heavy atom. The number of carbonyl (C=O) groups excluding carboxylic acids is 2. The molecule has 2 amide bonds. The highest BCUT2D eigenvalue weighted by Crippen LogP contribution is 2.45. The van der Waals surface area contributed by atoms with Gasteiger partial charge in [-0.2, -0.15) is 0 Å². The Bertz CT molecular complexity index is 2060. The summed E-state index contributed by atoms with van der Waals surface area (Å²) in [6.07, 6.45) is 3.18. The van der Waals surface area contributed by atoms with E-state index in [9.17, 15) is 9.59 Å². The number of nitrogens with zero attached hydrogens (tertiary/aromatic N) is 5. The van der Waals surface area contributed by atoms with E-state index in [0.29, 0.717) is 60.0 Å². The molecule has 4 aliphatic rings. The fraction of sp³-hybridized carbons (Fsp3) is 0.410. The van der Waals surface area contributed by atoms with Gasteiger partial charge in [-0.25, -0.2) is 9.97 Å². The summed E-state index contributed by atoms with van der Waals surface area (Å²) in [5.74, 6) is 1.91. The van der Waals surface area contributed by atoms with Crippen molar-refractivity contribution in [3.8, 4) is 51.2 Å². The first-order chi connectivity index (χ1) is 25.1. The minimum Gasteiger partial charge on any atom is -0.491 e. The van der Waals surface area contributed by atoms with Crippen LogP contribution in [0.1, 0.15) is 42.6 Å². The van der Waals surface area contributed by atoms with Gasteiger partial charge < -0.3 is 29.7 Å². The second-order valence-electron chi connectivity index (χ2n) is 14.4. The lowest BCUT2D eigenvalue weighted by Crippen LogP contribution is -2.72. The van der Waals surface area contributed by atoms with Crippen LogP contribution in [-0.2, 0) is 16.1 Å². The van der Waals surface area contributed by atoms with Crippen LogP contribution in [-0.4, -0.2) is 96.2 Å². The number of ether oxygens (including phenoxy) is 3. The Balaban J connectivity index is 1.02. The van der Waals surface area contributed by atoms with E-state index in [4.69, 9.17) is 40.8 Å². The van der Waals surface area contributed by atoms with Crippen LogP contribution in [0.5, 0.6) is 17.5 Å². The minimum absolute atomic E-state index is 0.0908. The highest BCUT2D eigenvalue weighted by Gasteiger charge is 2.52. The number of halogens is 1. The van der Waals surface area contributed by atoms with Gasteiger partial charge in [0.1, 0.15) is 18.1 Å². The van der Waals surface area contributed by atoms with Crippen LogP contribution in [0, 0.1) is 12.3 Å². The molecule has 52 heavy (non-hydrogen) atoms. The van der Waals surface area contributed by atoms with E-state index in [-0.39, 0.29) is 29.3 Å². The number of likely N-dealkylation sites (tertiary alicyclic amines) is 2. The monoisotopic (exact) mass is 723 g/mol. The quantitative estimate of drug-likeness (QED) is 0.235. The molecule has 2 atom stereocenters. The zero-order valence-corrected chi connectivity index (χ0v) is 30.5. The largest absolute Gasteiger partial charge is 0.491 e. The van der Waals surface area contributed by atoms with Gasteiger partial charge in [-0.1, -0.05) is 48.0 Å². The van der Waals surface area contributed by atoms with E-state index in [1.54, 1.807) is 21.1 Å². The highest BCUT2D eigenvalue weighted by molar-refractivity contribution is 6.36. The van der Waals surface area contributed by atoms with Crippen LogP contribution in [0.2, 0.25) is 5.02 Å². The van der Waals surface area contributed by atoms with Crippen molar-refractivity contribution in [1.82, 2.24) is 35.4 Å². The molecular formula is C39H42ClN7O5. The van der Waals surface area contributed by atoms with Gasteiger partial charge in [0.15, 0.2) is 0 Å². The number of methoxy groups -OCH3 is 2. The summed E-state index contributed by atoms with van der Waals surface area (Å²) in [6, 6.07) is 13.9. The molecule has 2 N–H and O–H groups in total. The van der Waals surface area contributed by atoms with Gasteiger partial charge >= 0.3 is 0 Å². The lowest BCUT2D eigenvalue weighted by atomic mass is 9.73. The molecule has 12 nitrogen and oxygen atoms in total. The average Bonchev–Trinajstić information content (AvgIpc) is 3.73. The van der Waals surface area contributed by atoms with E-state index in [0.717, 1.165) is 71.7 Å². The fourth-order valence-electron chi connectivity index (χ4n) is 8.13. The maximum atomic E-state index is 11.7. The van der Waals surface area contributed by atoms with Crippen molar-refractivity contribution in [2.45, 2.75) is 45.3 Å². The molecule has 2 unspecified atom stereocenters. The number of fused-ring (bicyclic) bond motifs is 1. The summed E-state index contributed by atoms with van der Waals surface area (Å²) in [6.45, 7) is 8.94. The molecule has 13 heteroatoms. The topological polar surface area (TPSA) is 131 Å². The zero-order chi connectivity index (χ0) is 36.1. The third-order valence-corrected chi connectivity index (χ3v) is 11.2. The zero-order valence-electron chi connectivity index (χ0n) is 29.8. The van der Waals surface area contributed by atoms with Crippen LogP contribution < -0.4 is 24.8 Å². The van der Waals surface area contributed by atoms with Crippen molar-refractivity contribution in [2.24, 2.45) is 5.41 Å². The van der Waals surface area contributed by atoms with Gasteiger partial charge in [-0.05, 0) is 24.5 Å². The number of nitrogens with one attached hydrogen (secondary N) is 2. The molecule has 2 aromatic heterocycles. The summed E-state index contributed by atoms with van der Waals surface area (Å²) < 4.78 is 17.6. The van der Waals surface area contributed by atoms with Crippen molar-refractivity contribution in [1.29, 1.82) is 0 Å². The van der Waals surface area contributed by atoms with Gasteiger partial charge in [-0.15, -0.1) is 0 Å². The van der Waals surface area contributed by atoms with Crippen molar-refractivity contribution in [3.05, 3.63) is 70.5 Å². The average molecular weight is 724 g/mol. The van der Waals surface area contributed by atoms with Crippen LogP contribution in [0.4, 0.5) is 0 Å². The summed E-state index contributed by atoms with van der Waals surface area (Å²) in [4.78, 5) is 42.1. The highest BCUT2D eigenvalue weighted by atomic mass is 35.5. The second-order valence-corrected chi connectivity index (χ2v) is 14.8. The Hall–Kier alpha value is -4.78. The number of aromatic nitrogens is 3. The van der Waals surface area contributed by atoms with Gasteiger partial charge in [0, 0.05) is 86.8 Å². The van der Waals surface area contributed by atoms with Crippen molar-refractivity contribution < 1.29 is 23.8 Å². The summed E-state index contributed by atoms with van der Waals surface area (Å²) >= 11 is 7.21. The SMILES string of the molecule is COc1nc(-c2cccc(-c3cccc(-c4cc5c(c(OC)n4)C(NCC4CCC(=O)N4)CO5)c3Cl)c2C)cnc1CN1CC2(C1)CN(C(C)=O)C2. The molecule has 8 rings (SSSR count). The van der Waals surface area contributed by atoms with Gasteiger partial charge in [0.05, 0.1) is 48.4 Å². The summed E-state index contributed by atoms with van der Waals surface area (Å²) in [5.41, 5.74) is 7.75. The van der Waals surface area contributed by atoms with Gasteiger partial charge in [-0.3, -0.25) is 19.5 Å². The van der Waals surface area contributed by atoms with E-state index in [1.165, 1.54) is 0 Å². The van der Waals surface area contributed by atoms with Crippen LogP contribution in [0.15, 0.2) is 48.7 Å². The number of pyridine rings is 1. The van der Waals surface area contributed by atoms with Gasteiger partial charge in [0.2, 0.25) is 23.6 Å². The molecule has 4 aliphatic heterocycles. The molecule has 0 aliphatic carbocycles. The Labute approximate surface area is 307 Å². The molecule has 2 aromatic carbocycles. The molecular weight excluding hydrogens is 682 g/mol. The first-order valence-corrected chi connectivity index (χ1v) is 18.0. The molecule has 0 bridgehead atoms. The number of benzene rings is 2. The van der Waals surface area contributed by atoms with Crippen molar-refractivity contribution >= 4 is 23.4 Å². The first kappa shape index (κ1) is 34.3. The maximum Gasteiger partial charge on any atom is 0.237 e. The molecule has 0 radical (unpaired) electrons. The number of amides is 2. The molecule has 3 fully saturated rings. The Morgan fingerprint density at radius 1 is 1.02 bits per heavy atom. The number of hydrogen-bond acceptors (Lipinski definition) is 10. The second kappa shape index (κ2) is 13.6. The fourth-order valence-corrected chi connectivity index (χ4v) is 8.45. The smallest absolute Gasteiger partial charge is 0.237 e. The Morgan fingerprint density at radius 3 is 2.44 bits per heavy atom. The van der Waals surface area contributed by atoms with Crippen molar-refractivity contribution in [3.63, 3.8) is 0 Å². The van der Waals surface area contributed by atoms with Crippen LogP contribution in [0.3, 0.4) is 0 Å². The molecule has 3 saturated heterocycles. The molecule has 6 heterocycles. The third-order valence-electron chi connectivity index (χ3n) is 10.8. The van der Waals surface area contributed by atoms with E-state index < -0.39 is 0 Å². The van der Waals surface area contributed by atoms with E-state index in [2.05, 4.69) is 28.5 Å². The predicted octanol–water partition coefficient (Wildman–Crippen LogP) is 4.82. The van der Waals surface area contributed by atoms with E-state index >= 15 is 0 Å². The predicted molar refractivity (Wildman–Crippen MR) is 196 cm³/mol. The number of carbonyl (C=O) groups is 2. The lowest BCUT2D eigenvalue weighted by Gasteiger charge is -2.60. The normalized spacial score (nSPS) is 20.2. The minimum atomic E-state index is -0.109. The maximum absolute atomic E-state index is 11.7. The molecule has 270 valence electrons. The summed E-state index contributed by atoms with van der Waals surface area (Å²) in [5, 5.41) is 7.08. The van der Waals surface area contributed by atoms with E-state index in [1.807, 2.05) is 47.5 Å². The van der Waals surface area contributed by atoms with Crippen LogP contribution in [0.25, 0.3) is 33.6 Å². The molecule has 4 aromatic rings. The lowest BCUT2D eigenvalue weighted by molar-refractivity contribution is -0.157. The molecule has 1 spiro atoms. The Kier molecular flexibility index (Phi) is 9.01. The molecule has 0 saturated carbocycles. The number of rotatable bonds is 10. The van der Waals surface area contributed by atoms with Gasteiger partial charge in [0.25, 0.3) is 0 Å². The third kappa shape index (κ3) is 6.22. The van der Waals surface area contributed by atoms with Crippen molar-refractivity contribution in [2.75, 3.05) is 53.6 Å². The standard InChI is InChI=1S/C39H42ClN7O5/c1-22-25(7-5-8-26(22)30-15-42-31(37(45-30)50-3)16-46-18-39(19-46)20-47(21-39)23(2)48)27-9-6-10-28(36(27)40)29-13-33-35(38(44-29)51-4)32(17-52-33)41-14-24-11-12-34(49)43-24/h5-10,13,15,24,32,41H,11-12,14,16-21H2,1-4H3,(H,43,49). The summed E-state index contributed by atoms with van der Waals surface area (Å²) in [7, 11) is 3.23. The van der Waals surface area contributed by atoms with Crippen LogP contribution >= 0.6 is 11.6 Å². The first-order valence-electron chi connectivity index (χ1n) is 17.7. The number of hydrogen-bond donors (Lipinski definition) is 2.